The zero-order valence-corrected chi connectivity index (χ0v) is 13.0. The summed E-state index contributed by atoms with van der Waals surface area (Å²) in [5, 5.41) is 7.05. The Bertz CT molecular complexity index is 518. The molecule has 2 aromatic rings. The molecule has 0 unspecified atom stereocenters. The van der Waals surface area contributed by atoms with Crippen LogP contribution in [-0.2, 0) is 13.5 Å². The Kier molecular flexibility index (Phi) is 4.10. The third-order valence-electron chi connectivity index (χ3n) is 4.16. The predicted molar refractivity (Wildman–Crippen MR) is 81.2 cm³/mol. The van der Waals surface area contributed by atoms with Gasteiger partial charge in [0.2, 0.25) is 0 Å². The molecule has 18 heavy (non-hydrogen) atoms. The number of benzene rings is 1. The molecule has 3 heteroatoms. The molecule has 0 spiro atoms. The van der Waals surface area contributed by atoms with E-state index in [4.69, 9.17) is 5.10 Å². The van der Waals surface area contributed by atoms with Crippen molar-refractivity contribution < 1.29 is 0 Å². The van der Waals surface area contributed by atoms with E-state index >= 15 is 0 Å². The predicted octanol–water partition coefficient (Wildman–Crippen LogP) is 4.32. The first-order chi connectivity index (χ1) is 8.65. The summed E-state index contributed by atoms with van der Waals surface area (Å²) in [6.07, 6.45) is 3.41. The van der Waals surface area contributed by atoms with E-state index in [0.29, 0.717) is 5.41 Å². The van der Waals surface area contributed by atoms with E-state index in [0.717, 1.165) is 11.8 Å². The molecular weight excluding hydrogens is 288 g/mol. The molecule has 0 radical (unpaired) electrons. The van der Waals surface area contributed by atoms with Crippen LogP contribution in [0.25, 0.3) is 10.9 Å². The van der Waals surface area contributed by atoms with Crippen molar-refractivity contribution in [1.82, 2.24) is 9.78 Å². The van der Waals surface area contributed by atoms with Crippen molar-refractivity contribution >= 4 is 26.8 Å². The van der Waals surface area contributed by atoms with Crippen LogP contribution in [0.2, 0.25) is 0 Å². The molecule has 98 valence electrons. The standard InChI is InChI=1S/C15H21BrN2/c1-4-15(5-2,11-16)10-13-12-8-6-7-9-14(12)18(3)17-13/h6-9H,4-5,10-11H2,1-3H3. The van der Waals surface area contributed by atoms with Crippen molar-refractivity contribution in [1.29, 1.82) is 0 Å². The van der Waals surface area contributed by atoms with Gasteiger partial charge in [0.25, 0.3) is 0 Å². The fraction of sp³-hybridized carbons (Fsp3) is 0.533. The number of nitrogens with zero attached hydrogens (tertiary/aromatic N) is 2. The van der Waals surface area contributed by atoms with Gasteiger partial charge in [0.1, 0.15) is 0 Å². The smallest absolute Gasteiger partial charge is 0.0709 e. The van der Waals surface area contributed by atoms with Gasteiger partial charge in [-0.1, -0.05) is 48.0 Å². The number of alkyl halides is 1. The van der Waals surface area contributed by atoms with Crippen LogP contribution in [0, 0.1) is 5.41 Å². The van der Waals surface area contributed by atoms with Crippen molar-refractivity contribution in [2.24, 2.45) is 12.5 Å². The summed E-state index contributed by atoms with van der Waals surface area (Å²) < 4.78 is 2.00. The average molecular weight is 309 g/mol. The molecule has 0 saturated heterocycles. The van der Waals surface area contributed by atoms with Gasteiger partial charge in [0.15, 0.2) is 0 Å². The molecule has 0 saturated carbocycles. The molecular formula is C15H21BrN2. The second-order valence-electron chi connectivity index (χ2n) is 5.10. The van der Waals surface area contributed by atoms with Crippen LogP contribution in [0.4, 0.5) is 0 Å². The lowest BCUT2D eigenvalue weighted by Crippen LogP contribution is -2.24. The summed E-state index contributed by atoms with van der Waals surface area (Å²) >= 11 is 3.69. The topological polar surface area (TPSA) is 17.8 Å². The fourth-order valence-electron chi connectivity index (χ4n) is 2.51. The van der Waals surface area contributed by atoms with Gasteiger partial charge in [0, 0.05) is 17.8 Å². The van der Waals surface area contributed by atoms with Gasteiger partial charge < -0.3 is 0 Å². The Hall–Kier alpha value is -0.830. The van der Waals surface area contributed by atoms with E-state index in [-0.39, 0.29) is 0 Å². The van der Waals surface area contributed by atoms with E-state index in [1.807, 2.05) is 11.7 Å². The first-order valence-corrected chi connectivity index (χ1v) is 7.74. The van der Waals surface area contributed by atoms with Crippen LogP contribution in [0.15, 0.2) is 24.3 Å². The molecule has 1 heterocycles. The molecule has 0 amide bonds. The molecule has 0 aliphatic carbocycles. The van der Waals surface area contributed by atoms with E-state index < -0.39 is 0 Å². The number of halogens is 1. The van der Waals surface area contributed by atoms with Crippen molar-refractivity contribution in [3.05, 3.63) is 30.0 Å². The molecule has 1 aromatic carbocycles. The minimum atomic E-state index is 0.330. The van der Waals surface area contributed by atoms with Gasteiger partial charge in [-0.05, 0) is 30.7 Å². The highest BCUT2D eigenvalue weighted by atomic mass is 79.9. The van der Waals surface area contributed by atoms with Crippen molar-refractivity contribution in [2.45, 2.75) is 33.1 Å². The first kappa shape index (κ1) is 13.6. The van der Waals surface area contributed by atoms with Gasteiger partial charge in [-0.3, -0.25) is 4.68 Å². The molecule has 2 nitrogen and oxygen atoms in total. The second-order valence-corrected chi connectivity index (χ2v) is 5.67. The lowest BCUT2D eigenvalue weighted by molar-refractivity contribution is 0.304. The van der Waals surface area contributed by atoms with E-state index in [1.54, 1.807) is 0 Å². The summed E-state index contributed by atoms with van der Waals surface area (Å²) in [7, 11) is 2.03. The Morgan fingerprint density at radius 3 is 2.50 bits per heavy atom. The molecule has 0 aliphatic heterocycles. The normalized spacial score (nSPS) is 12.2. The quantitative estimate of drug-likeness (QED) is 0.752. The number of hydrogen-bond acceptors (Lipinski definition) is 1. The minimum absolute atomic E-state index is 0.330. The van der Waals surface area contributed by atoms with Crippen molar-refractivity contribution in [3.8, 4) is 0 Å². The van der Waals surface area contributed by atoms with E-state index in [2.05, 4.69) is 54.0 Å². The maximum absolute atomic E-state index is 4.71. The fourth-order valence-corrected chi connectivity index (χ4v) is 3.50. The SMILES string of the molecule is CCC(CC)(CBr)Cc1nn(C)c2ccccc12. The number of hydrogen-bond donors (Lipinski definition) is 0. The summed E-state index contributed by atoms with van der Waals surface area (Å²) in [6.45, 7) is 4.55. The van der Waals surface area contributed by atoms with Crippen molar-refractivity contribution in [2.75, 3.05) is 5.33 Å². The Balaban J connectivity index is 2.43. The molecule has 2 rings (SSSR count). The first-order valence-electron chi connectivity index (χ1n) is 6.62. The number of aromatic nitrogens is 2. The summed E-state index contributed by atoms with van der Waals surface area (Å²) in [5.74, 6) is 0. The van der Waals surface area contributed by atoms with Crippen LogP contribution in [0.3, 0.4) is 0 Å². The van der Waals surface area contributed by atoms with Crippen LogP contribution < -0.4 is 0 Å². The zero-order chi connectivity index (χ0) is 13.2. The number of fused-ring (bicyclic) bond motifs is 1. The summed E-state index contributed by atoms with van der Waals surface area (Å²) in [4.78, 5) is 0. The van der Waals surface area contributed by atoms with E-state index in [1.165, 1.54) is 29.4 Å². The highest BCUT2D eigenvalue weighted by Crippen LogP contribution is 2.34. The highest BCUT2D eigenvalue weighted by Gasteiger charge is 2.27. The van der Waals surface area contributed by atoms with E-state index in [9.17, 15) is 0 Å². The Morgan fingerprint density at radius 2 is 1.89 bits per heavy atom. The van der Waals surface area contributed by atoms with Crippen LogP contribution in [0.5, 0.6) is 0 Å². The number of para-hydroxylation sites is 1. The molecule has 0 aliphatic rings. The lowest BCUT2D eigenvalue weighted by Gasteiger charge is -2.28. The number of aryl methyl sites for hydroxylation is 1. The number of rotatable bonds is 5. The molecule has 0 fully saturated rings. The molecule has 0 bridgehead atoms. The van der Waals surface area contributed by atoms with Gasteiger partial charge in [0.05, 0.1) is 11.2 Å². The third kappa shape index (κ3) is 2.33. The van der Waals surface area contributed by atoms with Crippen LogP contribution >= 0.6 is 15.9 Å². The molecule has 0 atom stereocenters. The largest absolute Gasteiger partial charge is 0.268 e. The zero-order valence-electron chi connectivity index (χ0n) is 11.4. The lowest BCUT2D eigenvalue weighted by atomic mass is 9.80. The minimum Gasteiger partial charge on any atom is -0.268 e. The van der Waals surface area contributed by atoms with Gasteiger partial charge in [-0.2, -0.15) is 5.10 Å². The van der Waals surface area contributed by atoms with Gasteiger partial charge in [-0.25, -0.2) is 0 Å². The Morgan fingerprint density at radius 1 is 1.22 bits per heavy atom. The highest BCUT2D eigenvalue weighted by molar-refractivity contribution is 9.09. The maximum atomic E-state index is 4.71. The van der Waals surface area contributed by atoms with Crippen molar-refractivity contribution in [3.63, 3.8) is 0 Å². The average Bonchev–Trinajstić information content (AvgIpc) is 2.73. The van der Waals surface area contributed by atoms with Crippen LogP contribution in [0.1, 0.15) is 32.4 Å². The van der Waals surface area contributed by atoms with Gasteiger partial charge >= 0.3 is 0 Å². The Labute approximate surface area is 118 Å². The summed E-state index contributed by atoms with van der Waals surface area (Å²) in [5.41, 5.74) is 2.79. The molecule has 1 aromatic heterocycles. The maximum Gasteiger partial charge on any atom is 0.0709 e. The molecule has 0 N–H and O–H groups in total. The monoisotopic (exact) mass is 308 g/mol. The third-order valence-corrected chi connectivity index (χ3v) is 5.35. The summed E-state index contributed by atoms with van der Waals surface area (Å²) in [6, 6.07) is 8.49. The second kappa shape index (κ2) is 5.43. The van der Waals surface area contributed by atoms with Gasteiger partial charge in [-0.15, -0.1) is 0 Å². The van der Waals surface area contributed by atoms with Crippen LogP contribution in [-0.4, -0.2) is 15.1 Å².